The summed E-state index contributed by atoms with van der Waals surface area (Å²) in [4.78, 5) is 23.3. The summed E-state index contributed by atoms with van der Waals surface area (Å²) in [5.41, 5.74) is 2.25. The first kappa shape index (κ1) is 18.4. The number of aromatic amines is 1. The van der Waals surface area contributed by atoms with Gasteiger partial charge in [-0.05, 0) is 25.0 Å². The van der Waals surface area contributed by atoms with Crippen molar-refractivity contribution >= 4 is 44.6 Å². The number of nitrogens with zero attached hydrogens (tertiary/aromatic N) is 3. The molecule has 0 aliphatic carbocycles. The van der Waals surface area contributed by atoms with Crippen molar-refractivity contribution in [1.29, 1.82) is 0 Å². The summed E-state index contributed by atoms with van der Waals surface area (Å²) in [5.74, 6) is 0.718. The number of rotatable bonds is 8. The Kier molecular flexibility index (Phi) is 5.92. The number of carbonyl (C=O) groups excluding carboxylic acids is 2. The highest BCUT2D eigenvalue weighted by Crippen LogP contribution is 2.25. The minimum atomic E-state index is -0.161. The zero-order valence-electron chi connectivity index (χ0n) is 15.0. The quantitative estimate of drug-likeness (QED) is 0.592. The van der Waals surface area contributed by atoms with Gasteiger partial charge in [0.1, 0.15) is 0 Å². The van der Waals surface area contributed by atoms with Gasteiger partial charge >= 0.3 is 0 Å². The first-order valence-corrected chi connectivity index (χ1v) is 9.77. The smallest absolute Gasteiger partial charge is 0.272 e. The van der Waals surface area contributed by atoms with Crippen LogP contribution in [-0.2, 0) is 11.8 Å². The zero-order chi connectivity index (χ0) is 18.5. The number of hydrogen-bond donors (Lipinski definition) is 2. The number of amides is 1. The van der Waals surface area contributed by atoms with E-state index >= 15 is 0 Å². The molecule has 0 atom stereocenters. The third kappa shape index (κ3) is 4.07. The molecule has 0 aliphatic rings. The highest BCUT2D eigenvalue weighted by atomic mass is 32.2. The molecule has 1 amide bonds. The van der Waals surface area contributed by atoms with Gasteiger partial charge in [0, 0.05) is 37.0 Å². The van der Waals surface area contributed by atoms with E-state index in [4.69, 9.17) is 0 Å². The zero-order valence-corrected chi connectivity index (χ0v) is 15.9. The predicted molar refractivity (Wildman–Crippen MR) is 104 cm³/mol. The molecule has 2 heterocycles. The number of hydrogen-bond acceptors (Lipinski definition) is 5. The van der Waals surface area contributed by atoms with E-state index in [1.807, 2.05) is 19.2 Å². The Labute approximate surface area is 155 Å². The number of nitrogens with one attached hydrogen (secondary N) is 2. The van der Waals surface area contributed by atoms with Gasteiger partial charge in [0.2, 0.25) is 0 Å². The lowest BCUT2D eigenvalue weighted by Crippen LogP contribution is -2.25. The molecule has 26 heavy (non-hydrogen) atoms. The summed E-state index contributed by atoms with van der Waals surface area (Å²) < 4.78 is 1.80. The van der Waals surface area contributed by atoms with Crippen molar-refractivity contribution in [1.82, 2.24) is 25.3 Å². The van der Waals surface area contributed by atoms with Gasteiger partial charge in [0.25, 0.3) is 5.91 Å². The van der Waals surface area contributed by atoms with Gasteiger partial charge in [-0.15, -0.1) is 0 Å². The van der Waals surface area contributed by atoms with Crippen LogP contribution in [0, 0.1) is 0 Å². The van der Waals surface area contributed by atoms with E-state index in [1.165, 1.54) is 11.8 Å². The van der Waals surface area contributed by atoms with E-state index in [0.29, 0.717) is 12.2 Å². The molecule has 0 spiro atoms. The fourth-order valence-corrected chi connectivity index (χ4v) is 3.61. The van der Waals surface area contributed by atoms with Gasteiger partial charge in [-0.1, -0.05) is 24.6 Å². The topological polar surface area (TPSA) is 92.7 Å². The summed E-state index contributed by atoms with van der Waals surface area (Å²) in [7, 11) is 1.89. The lowest BCUT2D eigenvalue weighted by molar-refractivity contribution is -0.109. The van der Waals surface area contributed by atoms with E-state index in [0.717, 1.165) is 53.2 Å². The van der Waals surface area contributed by atoms with Crippen molar-refractivity contribution in [2.75, 3.05) is 12.3 Å². The molecule has 2 aromatic heterocycles. The van der Waals surface area contributed by atoms with Crippen LogP contribution in [0.5, 0.6) is 0 Å². The molecule has 0 aliphatic heterocycles. The number of thioether (sulfide) groups is 1. The molecule has 0 fully saturated rings. The fraction of sp³-hybridized carbons (Fsp3) is 0.444. The first-order chi connectivity index (χ1) is 12.6. The van der Waals surface area contributed by atoms with Gasteiger partial charge in [0.15, 0.2) is 10.8 Å². The first-order valence-electron chi connectivity index (χ1n) is 8.78. The Hall–Kier alpha value is -2.35. The number of aromatic nitrogens is 4. The molecule has 138 valence electrons. The van der Waals surface area contributed by atoms with E-state index in [1.54, 1.807) is 17.8 Å². The molecular formula is C18H23N5O2S. The van der Waals surface area contributed by atoms with Crippen molar-refractivity contribution in [3.63, 3.8) is 0 Å². The summed E-state index contributed by atoms with van der Waals surface area (Å²) in [6.07, 6.45) is 5.84. The standard InChI is InChI=1S/C18H23N5O2S/c1-12(24)26-10-6-4-3-5-9-19-18(25)17-13-7-8-15-14(11-20-23(15)2)16(13)21-22-17/h7-8,11H,3-6,9-10H2,1-2H3,(H,19,25)(H,21,22). The summed E-state index contributed by atoms with van der Waals surface area (Å²) in [6, 6.07) is 3.86. The van der Waals surface area contributed by atoms with Crippen LogP contribution in [0.3, 0.4) is 0 Å². The normalized spacial score (nSPS) is 11.3. The van der Waals surface area contributed by atoms with Crippen molar-refractivity contribution < 1.29 is 9.59 Å². The van der Waals surface area contributed by atoms with Crippen molar-refractivity contribution in [3.8, 4) is 0 Å². The molecule has 0 saturated carbocycles. The fourth-order valence-electron chi connectivity index (χ4n) is 2.97. The van der Waals surface area contributed by atoms with Crippen molar-refractivity contribution in [2.24, 2.45) is 7.05 Å². The van der Waals surface area contributed by atoms with Gasteiger partial charge in [0.05, 0.1) is 17.2 Å². The molecule has 3 aromatic rings. The summed E-state index contributed by atoms with van der Waals surface area (Å²) in [6.45, 7) is 2.22. The molecule has 0 saturated heterocycles. The molecule has 8 heteroatoms. The Bertz CT molecular complexity index is 930. The van der Waals surface area contributed by atoms with Crippen LogP contribution >= 0.6 is 11.8 Å². The van der Waals surface area contributed by atoms with Crippen LogP contribution in [-0.4, -0.2) is 43.3 Å². The lowest BCUT2D eigenvalue weighted by Gasteiger charge is -2.04. The van der Waals surface area contributed by atoms with Gasteiger partial charge in [-0.25, -0.2) is 0 Å². The highest BCUT2D eigenvalue weighted by Gasteiger charge is 2.16. The second-order valence-corrected chi connectivity index (χ2v) is 7.54. The van der Waals surface area contributed by atoms with Crippen LogP contribution in [0.1, 0.15) is 43.1 Å². The Morgan fingerprint density at radius 1 is 1.19 bits per heavy atom. The molecule has 0 unspecified atom stereocenters. The average Bonchev–Trinajstić information content (AvgIpc) is 3.20. The molecular weight excluding hydrogens is 350 g/mol. The monoisotopic (exact) mass is 373 g/mol. The van der Waals surface area contributed by atoms with Gasteiger partial charge in [-0.2, -0.15) is 10.2 Å². The number of carbonyl (C=O) groups is 2. The van der Waals surface area contributed by atoms with Crippen LogP contribution in [0.2, 0.25) is 0 Å². The Balaban J connectivity index is 1.51. The van der Waals surface area contributed by atoms with E-state index in [2.05, 4.69) is 20.6 Å². The number of H-pyrrole nitrogens is 1. The maximum atomic E-state index is 12.4. The SMILES string of the molecule is CC(=O)SCCCCCCNC(=O)c1n[nH]c2c1ccc1c2cnn1C. The van der Waals surface area contributed by atoms with Gasteiger partial charge in [-0.3, -0.25) is 19.4 Å². The summed E-state index contributed by atoms with van der Waals surface area (Å²) >= 11 is 1.38. The number of fused-ring (bicyclic) bond motifs is 3. The van der Waals surface area contributed by atoms with E-state index in [9.17, 15) is 9.59 Å². The maximum absolute atomic E-state index is 12.4. The van der Waals surface area contributed by atoms with Crippen LogP contribution in [0.25, 0.3) is 21.8 Å². The van der Waals surface area contributed by atoms with Crippen LogP contribution < -0.4 is 5.32 Å². The minimum absolute atomic E-state index is 0.161. The van der Waals surface area contributed by atoms with E-state index < -0.39 is 0 Å². The third-order valence-corrected chi connectivity index (χ3v) is 5.24. The second kappa shape index (κ2) is 8.35. The predicted octanol–water partition coefficient (Wildman–Crippen LogP) is 3.02. The largest absolute Gasteiger partial charge is 0.351 e. The van der Waals surface area contributed by atoms with Crippen molar-refractivity contribution in [2.45, 2.75) is 32.6 Å². The molecule has 2 N–H and O–H groups in total. The minimum Gasteiger partial charge on any atom is -0.351 e. The van der Waals surface area contributed by atoms with E-state index in [-0.39, 0.29) is 11.0 Å². The number of benzene rings is 1. The van der Waals surface area contributed by atoms with Gasteiger partial charge < -0.3 is 5.32 Å². The second-order valence-electron chi connectivity index (χ2n) is 6.27. The number of aryl methyl sites for hydroxylation is 1. The van der Waals surface area contributed by atoms with Crippen LogP contribution in [0.4, 0.5) is 0 Å². The third-order valence-electron chi connectivity index (χ3n) is 4.34. The Morgan fingerprint density at radius 2 is 2.00 bits per heavy atom. The number of unbranched alkanes of at least 4 members (excludes halogenated alkanes) is 3. The molecule has 7 nitrogen and oxygen atoms in total. The molecule has 0 bridgehead atoms. The molecule has 3 rings (SSSR count). The highest BCUT2D eigenvalue weighted by molar-refractivity contribution is 8.13. The average molecular weight is 373 g/mol. The van der Waals surface area contributed by atoms with Crippen molar-refractivity contribution in [3.05, 3.63) is 24.0 Å². The molecule has 0 radical (unpaired) electrons. The maximum Gasteiger partial charge on any atom is 0.272 e. The lowest BCUT2D eigenvalue weighted by atomic mass is 10.1. The Morgan fingerprint density at radius 3 is 2.81 bits per heavy atom. The van der Waals surface area contributed by atoms with Crippen LogP contribution in [0.15, 0.2) is 18.3 Å². The summed E-state index contributed by atoms with van der Waals surface area (Å²) in [5, 5.41) is 16.3. The molecule has 1 aromatic carbocycles.